The maximum absolute atomic E-state index is 4.93. The number of thioether (sulfide) groups is 1. The van der Waals surface area contributed by atoms with Crippen LogP contribution in [0.25, 0.3) is 17.2 Å². The van der Waals surface area contributed by atoms with E-state index in [0.717, 1.165) is 6.42 Å². The number of hydrogen-bond donors (Lipinski definition) is 0. The second-order valence-electron chi connectivity index (χ2n) is 6.87. The summed E-state index contributed by atoms with van der Waals surface area (Å²) >= 11 is 4.87. The van der Waals surface area contributed by atoms with Crippen LogP contribution in [0.5, 0.6) is 0 Å². The maximum atomic E-state index is 4.93. The van der Waals surface area contributed by atoms with Crippen LogP contribution < -0.4 is 0 Å². The Morgan fingerprint density at radius 1 is 0.967 bits per heavy atom. The molecule has 6 heteroatoms. The van der Waals surface area contributed by atoms with Crippen LogP contribution in [0.1, 0.15) is 28.2 Å². The monoisotopic (exact) mass is 609 g/mol. The second-order valence-corrected chi connectivity index (χ2v) is 13.3. The molecule has 2 atom stereocenters. The molecule has 0 aromatic heterocycles. The fourth-order valence-electron chi connectivity index (χ4n) is 4.03. The zero-order valence-electron chi connectivity index (χ0n) is 15.9. The fraction of sp³-hybridized carbons (Fsp3) is 0.167. The predicted octanol–water partition coefficient (Wildman–Crippen LogP) is 7.60. The number of hydrogen-bond acceptors (Lipinski definition) is 2. The summed E-state index contributed by atoms with van der Waals surface area (Å²) in [6.07, 6.45) is 3.37. The normalized spacial score (nSPS) is 18.7. The summed E-state index contributed by atoms with van der Waals surface area (Å²) in [6.45, 7) is 0. The van der Waals surface area contributed by atoms with Gasteiger partial charge in [0.05, 0.1) is 4.16 Å². The molecule has 1 heterocycles. The molecular formula is C24H18BrCl2S2Zr-3. The van der Waals surface area contributed by atoms with Gasteiger partial charge < -0.3 is 13.5 Å². The molecule has 6 rings (SSSR count). The smallest absolute Gasteiger partial charge is 0.0253 e. The van der Waals surface area contributed by atoms with Gasteiger partial charge in [-0.1, -0.05) is 56.9 Å². The molecule has 3 aliphatic rings. The summed E-state index contributed by atoms with van der Waals surface area (Å²) in [5, 5.41) is 0. The number of fused-ring (bicyclic) bond motifs is 6. The molecule has 0 saturated carbocycles. The van der Waals surface area contributed by atoms with E-state index in [9.17, 15) is 0 Å². The Morgan fingerprint density at radius 3 is 2.50 bits per heavy atom. The molecular weight excluding hydrogens is 594 g/mol. The van der Waals surface area contributed by atoms with E-state index in [1.165, 1.54) is 39.1 Å². The summed E-state index contributed by atoms with van der Waals surface area (Å²) < 4.78 is 0.554. The molecule has 0 bridgehead atoms. The summed E-state index contributed by atoms with van der Waals surface area (Å²) in [4.78, 5) is 0. The molecule has 3 aromatic carbocycles. The fourth-order valence-corrected chi connectivity index (χ4v) is 6.15. The summed E-state index contributed by atoms with van der Waals surface area (Å²) in [7, 11) is 9.87. The van der Waals surface area contributed by atoms with Crippen LogP contribution in [0.4, 0.5) is 0 Å². The zero-order valence-corrected chi connectivity index (χ0v) is 23.2. The van der Waals surface area contributed by atoms with Crippen molar-refractivity contribution < 1.29 is 20.8 Å². The molecule has 2 aliphatic carbocycles. The minimum Gasteiger partial charge on any atom is -0.813 e. The first-order valence-electron chi connectivity index (χ1n) is 9.23. The van der Waals surface area contributed by atoms with Crippen LogP contribution in [0.3, 0.4) is 0 Å². The van der Waals surface area contributed by atoms with E-state index in [2.05, 4.69) is 82.7 Å². The number of alkyl halides is 1. The second kappa shape index (κ2) is 11.8. The minimum absolute atomic E-state index is 0. The van der Waals surface area contributed by atoms with Gasteiger partial charge in [0.25, 0.3) is 0 Å². The Morgan fingerprint density at radius 2 is 1.67 bits per heavy atom. The first-order chi connectivity index (χ1) is 14.2. The van der Waals surface area contributed by atoms with Gasteiger partial charge in [0.2, 0.25) is 0 Å². The van der Waals surface area contributed by atoms with Gasteiger partial charge >= 0.3 is 37.9 Å². The van der Waals surface area contributed by atoms with E-state index in [0.29, 0.717) is 10.1 Å². The van der Waals surface area contributed by atoms with Crippen LogP contribution in [0.2, 0.25) is 0 Å². The van der Waals surface area contributed by atoms with Crippen molar-refractivity contribution >= 4 is 64.3 Å². The van der Waals surface area contributed by atoms with Gasteiger partial charge in [0.15, 0.2) is 0 Å². The molecule has 30 heavy (non-hydrogen) atoms. The van der Waals surface area contributed by atoms with Gasteiger partial charge in [-0.3, -0.25) is 0 Å². The van der Waals surface area contributed by atoms with E-state index in [-0.39, 0.29) is 13.5 Å². The molecule has 0 amide bonds. The predicted molar refractivity (Wildman–Crippen MR) is 135 cm³/mol. The van der Waals surface area contributed by atoms with Crippen molar-refractivity contribution in [2.75, 3.05) is 5.75 Å². The Bertz CT molecular complexity index is 997. The first-order valence-corrected chi connectivity index (χ1v) is 17.5. The van der Waals surface area contributed by atoms with Gasteiger partial charge in [-0.25, -0.2) is 0 Å². The summed E-state index contributed by atoms with van der Waals surface area (Å²) in [5.74, 6) is 1.75. The van der Waals surface area contributed by atoms with E-state index in [4.69, 9.17) is 17.0 Å². The van der Waals surface area contributed by atoms with Gasteiger partial charge in [-0.2, -0.15) is 54.1 Å². The van der Waals surface area contributed by atoms with Crippen LogP contribution in [0, 0.1) is 12.1 Å². The van der Waals surface area contributed by atoms with Crippen molar-refractivity contribution in [3.8, 4) is 11.1 Å². The van der Waals surface area contributed by atoms with Gasteiger partial charge in [0, 0.05) is 11.7 Å². The Hall–Kier alpha value is 0.0431. The quantitative estimate of drug-likeness (QED) is 0.0869. The van der Waals surface area contributed by atoms with E-state index < -0.39 is 20.8 Å². The van der Waals surface area contributed by atoms with Gasteiger partial charge in [0.1, 0.15) is 0 Å². The number of benzene rings is 3. The molecule has 1 fully saturated rings. The molecule has 1 saturated heterocycles. The molecule has 2 unspecified atom stereocenters. The molecule has 1 aliphatic heterocycles. The van der Waals surface area contributed by atoms with E-state index in [1.54, 1.807) is 5.57 Å². The average Bonchev–Trinajstić information content (AvgIpc) is 3.41. The van der Waals surface area contributed by atoms with Crippen LogP contribution in [-0.2, 0) is 40.8 Å². The molecule has 0 radical (unpaired) electrons. The largest absolute Gasteiger partial charge is 0.813 e. The van der Waals surface area contributed by atoms with Crippen molar-refractivity contribution in [1.82, 2.24) is 0 Å². The minimum atomic E-state index is -0.826. The average molecular weight is 613 g/mol. The van der Waals surface area contributed by atoms with Gasteiger partial charge in [-0.05, 0) is 6.42 Å². The Kier molecular flexibility index (Phi) is 9.69. The number of halogens is 3. The zero-order chi connectivity index (χ0) is 20.2. The van der Waals surface area contributed by atoms with Crippen LogP contribution >= 0.6 is 44.7 Å². The maximum Gasteiger partial charge on any atom is -0.0253 e. The van der Waals surface area contributed by atoms with Crippen molar-refractivity contribution in [1.29, 1.82) is 0 Å². The van der Waals surface area contributed by atoms with Crippen molar-refractivity contribution in [2.45, 2.75) is 16.5 Å². The van der Waals surface area contributed by atoms with Crippen molar-refractivity contribution in [3.63, 3.8) is 0 Å². The summed E-state index contributed by atoms with van der Waals surface area (Å²) in [6, 6.07) is 27.7. The standard InChI is InChI=1S/C13H9.C11H8BrS.2ClH.H2S.Zr/c1-3-7-12-10(5-1)9-11-6-2-4-8-13(11)12;12-11-10-8(6-13-11)5-7-3-1-2-4-9(7)10;;;;/h1-5,7-8H,9H2;1-3,5,10-11H,6H2;2*1H;1H2;/q2*-1;;;;+2/p-3. The van der Waals surface area contributed by atoms with Crippen molar-refractivity contribution in [2.24, 2.45) is 0 Å². The number of rotatable bonds is 0. The molecule has 154 valence electrons. The van der Waals surface area contributed by atoms with Crippen molar-refractivity contribution in [3.05, 3.63) is 101 Å². The van der Waals surface area contributed by atoms with Crippen LogP contribution in [0.15, 0.2) is 66.2 Å². The van der Waals surface area contributed by atoms with Gasteiger partial charge in [-0.15, -0.1) is 34.5 Å². The Labute approximate surface area is 217 Å². The van der Waals surface area contributed by atoms with Crippen LogP contribution in [-0.4, -0.2) is 9.91 Å². The molecule has 3 aromatic rings. The topological polar surface area (TPSA) is 0 Å². The molecule has 0 spiro atoms. The van der Waals surface area contributed by atoms with E-state index >= 15 is 0 Å². The SMILES string of the molecule is BrC1SCC2=Cc3ccc[c-]c3C21.[Cl][Zr][Cl].[SH-].[c-]1cccc2c1Cc1ccccc1-2. The molecule has 0 nitrogen and oxygen atoms in total. The third kappa shape index (κ3) is 5.33. The summed E-state index contributed by atoms with van der Waals surface area (Å²) in [5.41, 5.74) is 9.82. The van der Waals surface area contributed by atoms with E-state index in [1.807, 2.05) is 23.9 Å². The first kappa shape index (κ1) is 24.7. The third-order valence-corrected chi connectivity index (χ3v) is 7.67. The third-order valence-electron chi connectivity index (χ3n) is 5.26. The Balaban J connectivity index is 0.000000147. The molecule has 0 N–H and O–H groups in total. The number of thiol groups is 1.